The number of nitrogens with zero attached hydrogens (tertiary/aromatic N) is 4. The molecule has 1 aliphatic heterocycles. The lowest BCUT2D eigenvalue weighted by Gasteiger charge is -2.38. The third kappa shape index (κ3) is 13.2. The Morgan fingerprint density at radius 3 is 2.17 bits per heavy atom. The number of anilines is 1. The van der Waals surface area contributed by atoms with E-state index in [9.17, 15) is 4.79 Å². The number of nitrogens with one attached hydrogen (secondary N) is 1. The Morgan fingerprint density at radius 2 is 1.54 bits per heavy atom. The van der Waals surface area contributed by atoms with Crippen molar-refractivity contribution in [3.63, 3.8) is 0 Å². The van der Waals surface area contributed by atoms with Crippen LogP contribution in [-0.4, -0.2) is 95.5 Å². The summed E-state index contributed by atoms with van der Waals surface area (Å²) in [5, 5.41) is 3.41. The Kier molecular flexibility index (Phi) is 17.9. The van der Waals surface area contributed by atoms with Crippen LogP contribution in [0.1, 0.15) is 85.5 Å². The average molecular weight is 619 g/mol. The quantitative estimate of drug-likeness (QED) is 0.0740. The van der Waals surface area contributed by atoms with Crippen LogP contribution in [0.15, 0.2) is 0 Å². The van der Waals surface area contributed by atoms with Crippen LogP contribution >= 0.6 is 11.6 Å². The number of ether oxygens (including phenoxy) is 2. The molecule has 2 rings (SSSR count). The number of quaternary nitrogens is 1. The lowest BCUT2D eigenvalue weighted by Crippen LogP contribution is -2.59. The fourth-order valence-electron chi connectivity index (χ4n) is 4.99. The molecule has 2 heterocycles. The Hall–Kier alpha value is -1.41. The largest absolute Gasteiger partial charge is 0.500 e. The maximum absolute atomic E-state index is 12.4. The van der Waals surface area contributed by atoms with Crippen molar-refractivity contribution in [3.8, 4) is 0 Å². The Labute approximate surface area is 253 Å². The van der Waals surface area contributed by atoms with Gasteiger partial charge < -0.3 is 28.1 Å². The first-order valence-corrected chi connectivity index (χ1v) is 17.9. The first-order valence-electron chi connectivity index (χ1n) is 15.6. The van der Waals surface area contributed by atoms with Crippen molar-refractivity contribution in [2.45, 2.75) is 91.5 Å². The minimum atomic E-state index is -2.71. The summed E-state index contributed by atoms with van der Waals surface area (Å²) < 4.78 is 29.5. The van der Waals surface area contributed by atoms with E-state index in [1.165, 1.54) is 32.1 Å². The van der Waals surface area contributed by atoms with Crippen LogP contribution in [0.5, 0.6) is 0 Å². The van der Waals surface area contributed by atoms with Crippen LogP contribution in [0.3, 0.4) is 0 Å². The zero-order chi connectivity index (χ0) is 29.8. The summed E-state index contributed by atoms with van der Waals surface area (Å²) in [6.45, 7) is 13.6. The van der Waals surface area contributed by atoms with E-state index in [2.05, 4.69) is 22.2 Å². The smallest absolute Gasteiger partial charge is 0.460 e. The molecule has 41 heavy (non-hydrogen) atoms. The van der Waals surface area contributed by atoms with Gasteiger partial charge in [0.05, 0.1) is 13.2 Å². The summed E-state index contributed by atoms with van der Waals surface area (Å²) in [6.07, 6.45) is 9.40. The maximum Gasteiger partial charge on any atom is 0.500 e. The molecule has 0 saturated carbocycles. The Bertz CT molecular complexity index is 848. The Morgan fingerprint density at radius 1 is 0.902 bits per heavy atom. The van der Waals surface area contributed by atoms with Gasteiger partial charge in [-0.3, -0.25) is 9.28 Å². The lowest BCUT2D eigenvalue weighted by atomic mass is 10.1. The van der Waals surface area contributed by atoms with Gasteiger partial charge in [0, 0.05) is 38.8 Å². The van der Waals surface area contributed by atoms with E-state index in [0.717, 1.165) is 19.3 Å². The van der Waals surface area contributed by atoms with E-state index in [1.54, 1.807) is 0 Å². The normalized spacial score (nSPS) is 15.1. The summed E-state index contributed by atoms with van der Waals surface area (Å²) in [6, 6.07) is 0.683. The minimum absolute atomic E-state index is 0.124. The molecule has 0 atom stereocenters. The molecule has 1 aromatic heterocycles. The van der Waals surface area contributed by atoms with Gasteiger partial charge in [-0.15, -0.1) is 9.97 Å². The summed E-state index contributed by atoms with van der Waals surface area (Å²) in [4.78, 5) is 25.9. The number of hydrogen-bond donors (Lipinski definition) is 1. The number of morpholine rings is 1. The first kappa shape index (κ1) is 35.8. The number of hydrogen-bond acceptors (Lipinski definition) is 10. The molecule has 236 valence electrons. The van der Waals surface area contributed by atoms with Crippen LogP contribution in [0.2, 0.25) is 11.3 Å². The fraction of sp³-hybridized carbons (Fsp3) is 0.857. The molecule has 11 nitrogen and oxygen atoms in total. The van der Waals surface area contributed by atoms with Gasteiger partial charge in [-0.25, -0.2) is 0 Å². The van der Waals surface area contributed by atoms with E-state index in [1.807, 2.05) is 20.8 Å². The molecule has 0 aromatic carbocycles. The van der Waals surface area contributed by atoms with E-state index in [-0.39, 0.29) is 11.3 Å². The van der Waals surface area contributed by atoms with Crippen LogP contribution in [0.4, 0.5) is 11.9 Å². The fourth-order valence-corrected chi connectivity index (χ4v) is 7.75. The highest BCUT2D eigenvalue weighted by Crippen LogP contribution is 2.24. The van der Waals surface area contributed by atoms with Crippen molar-refractivity contribution in [1.82, 2.24) is 19.4 Å². The summed E-state index contributed by atoms with van der Waals surface area (Å²) in [5.41, 5.74) is 0. The number of unbranched alkanes of at least 4 members (excludes halogenated alkanes) is 6. The van der Waals surface area contributed by atoms with Crippen molar-refractivity contribution in [3.05, 3.63) is 5.28 Å². The van der Waals surface area contributed by atoms with E-state index in [4.69, 9.17) is 39.3 Å². The summed E-state index contributed by atoms with van der Waals surface area (Å²) in [5.74, 6) is 0.823. The SMILES string of the molecule is CCCCCCCCCC(=O)OCC[N+]1(c2nc(Cl)nc(NCCC[Si](OCC)(OCC)OCC)n2)CCOCC1. The van der Waals surface area contributed by atoms with Crippen molar-refractivity contribution in [2.24, 2.45) is 0 Å². The summed E-state index contributed by atoms with van der Waals surface area (Å²) in [7, 11) is -2.71. The molecule has 0 amide bonds. The molecule has 0 aliphatic carbocycles. The second-order valence-electron chi connectivity index (χ2n) is 10.3. The second kappa shape index (κ2) is 20.5. The van der Waals surface area contributed by atoms with Gasteiger partial charge in [-0.05, 0) is 45.2 Å². The molecule has 0 spiro atoms. The number of halogens is 1. The van der Waals surface area contributed by atoms with Crippen molar-refractivity contribution >= 4 is 38.3 Å². The number of rotatable bonds is 23. The average Bonchev–Trinajstić information content (AvgIpc) is 2.95. The zero-order valence-electron chi connectivity index (χ0n) is 25.8. The number of carbonyl (C=O) groups excluding carboxylic acids is 1. The summed E-state index contributed by atoms with van der Waals surface area (Å²) >= 11 is 6.35. The van der Waals surface area contributed by atoms with Crippen molar-refractivity contribution < 1.29 is 27.5 Å². The predicted octanol–water partition coefficient (Wildman–Crippen LogP) is 5.40. The van der Waals surface area contributed by atoms with Gasteiger partial charge in [0.15, 0.2) is 0 Å². The van der Waals surface area contributed by atoms with Crippen molar-refractivity contribution in [2.75, 3.05) is 71.1 Å². The van der Waals surface area contributed by atoms with Gasteiger partial charge >= 0.3 is 20.7 Å². The molecule has 0 radical (unpaired) electrons. The Balaban J connectivity index is 1.92. The second-order valence-corrected chi connectivity index (χ2v) is 13.3. The molecule has 1 fully saturated rings. The monoisotopic (exact) mass is 618 g/mol. The van der Waals surface area contributed by atoms with Gasteiger partial charge in [0.2, 0.25) is 11.2 Å². The highest BCUT2D eigenvalue weighted by molar-refractivity contribution is 6.60. The molecular weight excluding hydrogens is 566 g/mol. The highest BCUT2D eigenvalue weighted by atomic mass is 35.5. The van der Waals surface area contributed by atoms with Gasteiger partial charge in [-0.1, -0.05) is 45.4 Å². The van der Waals surface area contributed by atoms with Crippen LogP contribution in [-0.2, 0) is 27.5 Å². The lowest BCUT2D eigenvalue weighted by molar-refractivity contribution is -0.144. The molecule has 0 bridgehead atoms. The molecular formula is C28H53ClN5O6Si+. The van der Waals surface area contributed by atoms with Gasteiger partial charge in [0.1, 0.15) is 26.2 Å². The van der Waals surface area contributed by atoms with E-state index >= 15 is 0 Å². The third-order valence-electron chi connectivity index (χ3n) is 7.15. The highest BCUT2D eigenvalue weighted by Gasteiger charge is 2.40. The number of aromatic nitrogens is 3. The number of esters is 1. The topological polar surface area (TPSA) is 114 Å². The first-order chi connectivity index (χ1) is 19.9. The van der Waals surface area contributed by atoms with E-state index in [0.29, 0.717) is 94.7 Å². The van der Waals surface area contributed by atoms with E-state index < -0.39 is 8.80 Å². The maximum atomic E-state index is 12.4. The molecule has 0 unspecified atom stereocenters. The van der Waals surface area contributed by atoms with Gasteiger partial charge in [0.25, 0.3) is 0 Å². The third-order valence-corrected chi connectivity index (χ3v) is 10.5. The number of carbonyl (C=O) groups is 1. The molecule has 1 N–H and O–H groups in total. The van der Waals surface area contributed by atoms with Gasteiger partial charge in [-0.2, -0.15) is 4.98 Å². The zero-order valence-corrected chi connectivity index (χ0v) is 27.5. The van der Waals surface area contributed by atoms with Crippen LogP contribution in [0.25, 0.3) is 0 Å². The van der Waals surface area contributed by atoms with Crippen LogP contribution < -0.4 is 9.80 Å². The standard InChI is InChI=1S/C28H53ClN5O6Si/c1-5-9-10-11-12-13-14-16-25(35)37-23-20-34(18-21-36-22-19-34)28-32-26(29)31-27(33-28)30-17-15-24-41(38-6-2,39-7-3)40-8-4/h5-24H2,1-4H3,(H,30,31,32,33)/q+1. The minimum Gasteiger partial charge on any atom is -0.460 e. The predicted molar refractivity (Wildman–Crippen MR) is 164 cm³/mol. The molecule has 13 heteroatoms. The molecule has 1 saturated heterocycles. The molecule has 1 aromatic rings. The van der Waals surface area contributed by atoms with Crippen LogP contribution in [0, 0.1) is 0 Å². The molecule has 1 aliphatic rings. The van der Waals surface area contributed by atoms with Crippen molar-refractivity contribution in [1.29, 1.82) is 0 Å².